The molecule has 1 fully saturated rings. The molecule has 4 rings (SSSR count). The van der Waals surface area contributed by atoms with E-state index in [1.807, 2.05) is 0 Å². The summed E-state index contributed by atoms with van der Waals surface area (Å²) >= 11 is 0. The van der Waals surface area contributed by atoms with Gasteiger partial charge in [-0.15, -0.1) is 0 Å². The maximum atomic E-state index is 11.0. The Morgan fingerprint density at radius 1 is 1.42 bits per heavy atom. The average Bonchev–Trinajstić information content (AvgIpc) is 3.07. The summed E-state index contributed by atoms with van der Waals surface area (Å²) in [7, 11) is 0. The third-order valence-electron chi connectivity index (χ3n) is 4.37. The van der Waals surface area contributed by atoms with Crippen molar-refractivity contribution in [2.24, 2.45) is 5.92 Å². The highest BCUT2D eigenvalue weighted by Crippen LogP contribution is 2.34. The first-order valence-electron chi connectivity index (χ1n) is 8.18. The van der Waals surface area contributed by atoms with E-state index in [9.17, 15) is 4.79 Å². The van der Waals surface area contributed by atoms with Crippen LogP contribution < -0.4 is 11.1 Å². The minimum Gasteiger partial charge on any atom is -0.465 e. The molecule has 2 aromatic heterocycles. The lowest BCUT2D eigenvalue weighted by atomic mass is 10.1. The number of carbonyl (C=O) groups is 1. The molecule has 8 heteroatoms. The molecule has 0 spiro atoms. The average molecular weight is 328 g/mol. The molecule has 0 amide bonds. The lowest BCUT2D eigenvalue weighted by Gasteiger charge is -2.16. The molecule has 126 valence electrons. The standard InChI is InChI=1S/C16H20N6O2/c1-9(23)24-7-10-2-5-12(6-10)22-8-18-14-13(22)15(19-11-3-4-11)21-16(17)20-14/h2,5,8,10-12H,3-4,6-7H2,1H3,(H3,17,19,20,21)/t10-,12+/m1/s1. The van der Waals surface area contributed by atoms with E-state index in [4.69, 9.17) is 10.5 Å². The number of imidazole rings is 1. The molecule has 2 aliphatic carbocycles. The number of anilines is 2. The topological polar surface area (TPSA) is 108 Å². The minimum absolute atomic E-state index is 0.141. The number of nitrogens with two attached hydrogens (primary N) is 1. The van der Waals surface area contributed by atoms with Gasteiger partial charge in [0.15, 0.2) is 11.5 Å². The summed E-state index contributed by atoms with van der Waals surface area (Å²) in [5, 5.41) is 3.42. The summed E-state index contributed by atoms with van der Waals surface area (Å²) in [5.41, 5.74) is 7.27. The van der Waals surface area contributed by atoms with Gasteiger partial charge in [-0.25, -0.2) is 4.98 Å². The van der Waals surface area contributed by atoms with E-state index in [-0.39, 0.29) is 23.9 Å². The fraction of sp³-hybridized carbons (Fsp3) is 0.500. The van der Waals surface area contributed by atoms with Crippen LogP contribution in [0.1, 0.15) is 32.2 Å². The van der Waals surface area contributed by atoms with E-state index in [1.54, 1.807) is 6.33 Å². The fourth-order valence-corrected chi connectivity index (χ4v) is 3.04. The first-order valence-corrected chi connectivity index (χ1v) is 8.18. The number of aromatic nitrogens is 4. The first kappa shape index (κ1) is 14.9. The van der Waals surface area contributed by atoms with Crippen molar-refractivity contribution in [2.45, 2.75) is 38.3 Å². The van der Waals surface area contributed by atoms with Crippen LogP contribution in [0.25, 0.3) is 11.2 Å². The van der Waals surface area contributed by atoms with Crippen molar-refractivity contribution in [1.82, 2.24) is 19.5 Å². The highest BCUT2D eigenvalue weighted by Gasteiger charge is 2.27. The molecule has 2 atom stereocenters. The van der Waals surface area contributed by atoms with E-state index in [0.717, 1.165) is 30.6 Å². The quantitative estimate of drug-likeness (QED) is 0.635. The first-order chi connectivity index (χ1) is 11.6. The number of esters is 1. The zero-order valence-corrected chi connectivity index (χ0v) is 13.5. The number of hydrogen-bond donors (Lipinski definition) is 2. The Balaban J connectivity index is 1.60. The number of nitrogens with one attached hydrogen (secondary N) is 1. The van der Waals surface area contributed by atoms with Gasteiger partial charge >= 0.3 is 5.97 Å². The normalized spacial score (nSPS) is 22.9. The van der Waals surface area contributed by atoms with Gasteiger partial charge in [-0.3, -0.25) is 4.79 Å². The van der Waals surface area contributed by atoms with Gasteiger partial charge in [-0.1, -0.05) is 12.2 Å². The zero-order chi connectivity index (χ0) is 16.7. The van der Waals surface area contributed by atoms with Gasteiger partial charge in [0.05, 0.1) is 19.0 Å². The maximum absolute atomic E-state index is 11.0. The van der Waals surface area contributed by atoms with Crippen LogP contribution in [-0.4, -0.2) is 38.1 Å². The molecule has 0 saturated heterocycles. The van der Waals surface area contributed by atoms with Crippen LogP contribution in [0, 0.1) is 5.92 Å². The third-order valence-corrected chi connectivity index (χ3v) is 4.37. The summed E-state index contributed by atoms with van der Waals surface area (Å²) in [6.45, 7) is 1.84. The fourth-order valence-electron chi connectivity index (χ4n) is 3.04. The number of nitrogens with zero attached hydrogens (tertiary/aromatic N) is 4. The van der Waals surface area contributed by atoms with Gasteiger partial charge in [0.2, 0.25) is 5.95 Å². The predicted molar refractivity (Wildman–Crippen MR) is 89.3 cm³/mol. The molecule has 8 nitrogen and oxygen atoms in total. The Labute approximate surface area is 139 Å². The highest BCUT2D eigenvalue weighted by atomic mass is 16.5. The molecule has 2 heterocycles. The van der Waals surface area contributed by atoms with Crippen molar-refractivity contribution in [2.75, 3.05) is 17.7 Å². The van der Waals surface area contributed by atoms with Gasteiger partial charge in [0.1, 0.15) is 5.52 Å². The Hall–Kier alpha value is -2.64. The molecule has 0 aliphatic heterocycles. The number of nitrogen functional groups attached to an aromatic ring is 1. The van der Waals surface area contributed by atoms with Gasteiger partial charge < -0.3 is 20.4 Å². The largest absolute Gasteiger partial charge is 0.465 e. The van der Waals surface area contributed by atoms with E-state index < -0.39 is 0 Å². The van der Waals surface area contributed by atoms with E-state index in [1.165, 1.54) is 6.92 Å². The number of rotatable bonds is 5. The van der Waals surface area contributed by atoms with Crippen LogP contribution in [0.2, 0.25) is 0 Å². The Bertz CT molecular complexity index is 810. The molecule has 2 aliphatic rings. The van der Waals surface area contributed by atoms with Crippen molar-refractivity contribution in [3.8, 4) is 0 Å². The highest BCUT2D eigenvalue weighted by molar-refractivity contribution is 5.85. The summed E-state index contributed by atoms with van der Waals surface area (Å²) in [4.78, 5) is 24.0. The molecule has 2 aromatic rings. The van der Waals surface area contributed by atoms with Gasteiger partial charge in [0, 0.05) is 18.9 Å². The summed E-state index contributed by atoms with van der Waals surface area (Å²) in [5.74, 6) is 0.936. The number of fused-ring (bicyclic) bond motifs is 1. The van der Waals surface area contributed by atoms with Crippen molar-refractivity contribution in [3.63, 3.8) is 0 Å². The van der Waals surface area contributed by atoms with Crippen molar-refractivity contribution in [3.05, 3.63) is 18.5 Å². The third kappa shape index (κ3) is 2.91. The Morgan fingerprint density at radius 3 is 3.00 bits per heavy atom. The second-order valence-electron chi connectivity index (χ2n) is 6.42. The zero-order valence-electron chi connectivity index (χ0n) is 13.5. The van der Waals surface area contributed by atoms with Crippen LogP contribution in [0.4, 0.5) is 11.8 Å². The van der Waals surface area contributed by atoms with E-state index in [0.29, 0.717) is 18.3 Å². The van der Waals surface area contributed by atoms with Gasteiger partial charge in [0.25, 0.3) is 0 Å². The number of ether oxygens (including phenoxy) is 1. The van der Waals surface area contributed by atoms with Crippen LogP contribution in [0.3, 0.4) is 0 Å². The van der Waals surface area contributed by atoms with E-state index in [2.05, 4.69) is 37.0 Å². The van der Waals surface area contributed by atoms with Crippen molar-refractivity contribution in [1.29, 1.82) is 0 Å². The van der Waals surface area contributed by atoms with Crippen LogP contribution in [0.15, 0.2) is 18.5 Å². The SMILES string of the molecule is CC(=O)OC[C@@H]1C=C[C@H](n2cnc3nc(N)nc(NC4CC4)c32)C1. The van der Waals surface area contributed by atoms with E-state index >= 15 is 0 Å². The molecule has 0 aromatic carbocycles. The lowest BCUT2D eigenvalue weighted by molar-refractivity contribution is -0.141. The molecular formula is C16H20N6O2. The summed E-state index contributed by atoms with van der Waals surface area (Å²) in [6, 6.07) is 0.601. The molecule has 24 heavy (non-hydrogen) atoms. The lowest BCUT2D eigenvalue weighted by Crippen LogP contribution is -2.13. The molecule has 1 saturated carbocycles. The van der Waals surface area contributed by atoms with Crippen molar-refractivity contribution < 1.29 is 9.53 Å². The Kier molecular flexibility index (Phi) is 3.59. The van der Waals surface area contributed by atoms with Crippen LogP contribution in [-0.2, 0) is 9.53 Å². The molecule has 3 N–H and O–H groups in total. The predicted octanol–water partition coefficient (Wildman–Crippen LogP) is 1.66. The maximum Gasteiger partial charge on any atom is 0.302 e. The Morgan fingerprint density at radius 2 is 2.25 bits per heavy atom. The van der Waals surface area contributed by atoms with Crippen LogP contribution in [0.5, 0.6) is 0 Å². The number of carbonyl (C=O) groups excluding carboxylic acids is 1. The minimum atomic E-state index is -0.250. The van der Waals surface area contributed by atoms with Crippen LogP contribution >= 0.6 is 0 Å². The van der Waals surface area contributed by atoms with Crippen molar-refractivity contribution >= 4 is 28.9 Å². The number of allylic oxidation sites excluding steroid dienone is 1. The molecule has 0 unspecified atom stereocenters. The summed E-state index contributed by atoms with van der Waals surface area (Å²) < 4.78 is 7.18. The molecule has 0 radical (unpaired) electrons. The summed E-state index contributed by atoms with van der Waals surface area (Å²) in [6.07, 6.45) is 9.13. The van der Waals surface area contributed by atoms with Gasteiger partial charge in [-0.05, 0) is 19.3 Å². The monoisotopic (exact) mass is 328 g/mol. The molecule has 0 bridgehead atoms. The van der Waals surface area contributed by atoms with Gasteiger partial charge in [-0.2, -0.15) is 9.97 Å². The smallest absolute Gasteiger partial charge is 0.302 e. The second-order valence-corrected chi connectivity index (χ2v) is 6.42. The number of hydrogen-bond acceptors (Lipinski definition) is 7. The second kappa shape index (κ2) is 5.77. The molecular weight excluding hydrogens is 308 g/mol.